The molecule has 0 spiro atoms. The molecule has 0 bridgehead atoms. The van der Waals surface area contributed by atoms with Gasteiger partial charge < -0.3 is 9.67 Å². The van der Waals surface area contributed by atoms with Crippen molar-refractivity contribution in [3.05, 3.63) is 133 Å². The minimum atomic E-state index is -0.125. The summed E-state index contributed by atoms with van der Waals surface area (Å²) < 4.78 is 5.44. The van der Waals surface area contributed by atoms with E-state index in [1.807, 2.05) is 10.6 Å². The predicted molar refractivity (Wildman–Crippen MR) is 189 cm³/mol. The van der Waals surface area contributed by atoms with Gasteiger partial charge in [0.05, 0.1) is 21.5 Å². The number of hydrogen-bond donors (Lipinski definition) is 1. The molecule has 9 rings (SSSR count). The largest absolute Gasteiger partial charge is 0.512 e. The van der Waals surface area contributed by atoms with E-state index in [0.29, 0.717) is 0 Å². The van der Waals surface area contributed by atoms with Crippen molar-refractivity contribution in [1.82, 2.24) is 19.2 Å². The number of aromatic nitrogens is 4. The molecular weight excluding hydrogens is 781 g/mol. The summed E-state index contributed by atoms with van der Waals surface area (Å²) in [6.07, 6.45) is 2.81. The molecule has 1 radical (unpaired) electrons. The molecule has 1 N–H and O–H groups in total. The van der Waals surface area contributed by atoms with Crippen LogP contribution < -0.4 is 0 Å². The Balaban J connectivity index is 0.000000399. The third-order valence-electron chi connectivity index (χ3n) is 8.18. The molecule has 6 nitrogen and oxygen atoms in total. The van der Waals surface area contributed by atoms with Gasteiger partial charge in [-0.15, -0.1) is 28.2 Å². The standard InChI is InChI=1S/C34H19N4S.C5H8O2.Ir/c1-2-11-24-21(8-1)16-17-30-32(24)27-19-31(39-33(27)34-35-20-36-38(30)34)22-9-7-10-23(18-22)37-28-14-5-3-12-25(28)26-13-4-6-15-29(26)37;1-4(6)3-5(2)7;/h1-16,18-20H;3,6H,1-2H3;/q-1;;/b;4-3-;. The molecule has 0 saturated carbocycles. The predicted octanol–water partition coefficient (Wildman–Crippen LogP) is 9.85. The minimum Gasteiger partial charge on any atom is -0.512 e. The van der Waals surface area contributed by atoms with Crippen LogP contribution in [0.5, 0.6) is 0 Å². The molecule has 0 aliphatic carbocycles. The second kappa shape index (κ2) is 12.2. The molecule has 4 heterocycles. The summed E-state index contributed by atoms with van der Waals surface area (Å²) in [5.41, 5.74) is 6.59. The van der Waals surface area contributed by atoms with Crippen LogP contribution in [0.25, 0.3) is 75.3 Å². The van der Waals surface area contributed by atoms with Gasteiger partial charge in [0.2, 0.25) is 0 Å². The van der Waals surface area contributed by atoms with E-state index in [0.717, 1.165) is 21.6 Å². The normalized spacial score (nSPS) is 11.7. The average molecular weight is 808 g/mol. The molecule has 0 aliphatic heterocycles. The Morgan fingerprint density at radius 2 is 1.51 bits per heavy atom. The van der Waals surface area contributed by atoms with Crippen molar-refractivity contribution in [3.63, 3.8) is 0 Å². The van der Waals surface area contributed by atoms with Crippen LogP contribution in [0, 0.1) is 6.07 Å². The summed E-state index contributed by atoms with van der Waals surface area (Å²) >= 11 is 1.77. The number of ketones is 1. The fourth-order valence-corrected chi connectivity index (χ4v) is 7.52. The molecule has 4 aromatic heterocycles. The van der Waals surface area contributed by atoms with Crippen LogP contribution >= 0.6 is 11.3 Å². The van der Waals surface area contributed by atoms with E-state index < -0.39 is 0 Å². The van der Waals surface area contributed by atoms with Crippen molar-refractivity contribution in [3.8, 4) is 16.1 Å². The van der Waals surface area contributed by atoms with Gasteiger partial charge >= 0.3 is 0 Å². The second-order valence-electron chi connectivity index (χ2n) is 11.3. The Morgan fingerprint density at radius 1 is 0.830 bits per heavy atom. The first-order valence-corrected chi connectivity index (χ1v) is 15.7. The first-order valence-electron chi connectivity index (χ1n) is 14.9. The third-order valence-corrected chi connectivity index (χ3v) is 9.36. The summed E-state index contributed by atoms with van der Waals surface area (Å²) in [7, 11) is 0. The van der Waals surface area contributed by atoms with Gasteiger partial charge in [-0.2, -0.15) is 17.2 Å². The van der Waals surface area contributed by atoms with Crippen molar-refractivity contribution in [2.24, 2.45) is 0 Å². The summed E-state index contributed by atoms with van der Waals surface area (Å²) in [4.78, 5) is 15.9. The molecule has 5 aromatic carbocycles. The average Bonchev–Trinajstić information content (AvgIpc) is 3.80. The third kappa shape index (κ3) is 5.21. The molecule has 47 heavy (non-hydrogen) atoms. The van der Waals surface area contributed by atoms with Crippen molar-refractivity contribution in [1.29, 1.82) is 0 Å². The number of hydrogen-bond acceptors (Lipinski definition) is 5. The maximum absolute atomic E-state index is 10.0. The Labute approximate surface area is 287 Å². The maximum Gasteiger partial charge on any atom is 0.170 e. The molecule has 0 saturated heterocycles. The molecule has 0 aliphatic rings. The first kappa shape index (κ1) is 30.5. The number of benzene rings is 5. The number of pyridine rings is 1. The number of aliphatic hydroxyl groups is 1. The Bertz CT molecular complexity index is 2610. The van der Waals surface area contributed by atoms with E-state index in [1.165, 1.54) is 73.7 Å². The van der Waals surface area contributed by atoms with Crippen LogP contribution in [0.15, 0.2) is 127 Å². The Kier molecular flexibility index (Phi) is 7.94. The van der Waals surface area contributed by atoms with Crippen LogP contribution in [0.1, 0.15) is 13.8 Å². The molecule has 8 heteroatoms. The zero-order valence-electron chi connectivity index (χ0n) is 25.4. The number of carbonyl (C=O) groups is 1. The number of carbonyl (C=O) groups excluding carboxylic acids is 1. The van der Waals surface area contributed by atoms with Gasteiger partial charge in [0.25, 0.3) is 0 Å². The van der Waals surface area contributed by atoms with Crippen LogP contribution in [0.3, 0.4) is 0 Å². The van der Waals surface area contributed by atoms with Gasteiger partial charge in [-0.1, -0.05) is 72.1 Å². The molecule has 0 amide bonds. The van der Waals surface area contributed by atoms with Crippen LogP contribution in [0.2, 0.25) is 0 Å². The van der Waals surface area contributed by atoms with Gasteiger partial charge in [0.1, 0.15) is 6.33 Å². The SMILES string of the molecule is CC(=O)/C=C(/C)O.[Ir].[c-]1cc2ccccc2c2c3cc(-c4cccc(-n5c6ccccc6c6ccccc65)c4)sc3c3ncnn3c12. The molecule has 231 valence electrons. The van der Waals surface area contributed by atoms with Crippen molar-refractivity contribution >= 4 is 76.3 Å². The quantitative estimate of drug-likeness (QED) is 0.0836. The summed E-state index contributed by atoms with van der Waals surface area (Å²) in [6, 6.07) is 42.5. The van der Waals surface area contributed by atoms with Crippen LogP contribution in [-0.2, 0) is 24.9 Å². The number of thiophene rings is 1. The van der Waals surface area contributed by atoms with Gasteiger partial charge in [-0.3, -0.25) is 4.79 Å². The van der Waals surface area contributed by atoms with E-state index in [4.69, 9.17) is 5.11 Å². The van der Waals surface area contributed by atoms with Gasteiger partial charge in [0.15, 0.2) is 11.4 Å². The number of para-hydroxylation sites is 2. The van der Waals surface area contributed by atoms with E-state index in [-0.39, 0.29) is 31.6 Å². The van der Waals surface area contributed by atoms with Gasteiger partial charge in [-0.05, 0) is 60.6 Å². The minimum absolute atomic E-state index is 0. The van der Waals surface area contributed by atoms with E-state index in [1.54, 1.807) is 17.7 Å². The zero-order valence-corrected chi connectivity index (χ0v) is 28.6. The molecule has 0 unspecified atom stereocenters. The monoisotopic (exact) mass is 808 g/mol. The number of aliphatic hydroxyl groups excluding tert-OH is 1. The number of rotatable bonds is 3. The first-order chi connectivity index (χ1) is 22.5. The van der Waals surface area contributed by atoms with Crippen molar-refractivity contribution in [2.45, 2.75) is 13.8 Å². The van der Waals surface area contributed by atoms with E-state index >= 15 is 0 Å². The maximum atomic E-state index is 10.0. The van der Waals surface area contributed by atoms with Crippen molar-refractivity contribution < 1.29 is 30.0 Å². The summed E-state index contributed by atoms with van der Waals surface area (Å²) in [5, 5.41) is 20.2. The number of fused-ring (bicyclic) bond motifs is 11. The zero-order chi connectivity index (χ0) is 31.4. The second-order valence-corrected chi connectivity index (χ2v) is 12.3. The summed E-state index contributed by atoms with van der Waals surface area (Å²) in [5.74, 6) is -0.0625. The molecular formula is C39H27IrN4O2S-. The number of allylic oxidation sites excluding steroid dienone is 2. The Morgan fingerprint density at radius 3 is 2.19 bits per heavy atom. The molecule has 0 fully saturated rings. The molecule has 9 aromatic rings. The van der Waals surface area contributed by atoms with Crippen LogP contribution in [0.4, 0.5) is 0 Å². The van der Waals surface area contributed by atoms with Crippen molar-refractivity contribution in [2.75, 3.05) is 0 Å². The smallest absolute Gasteiger partial charge is 0.170 e. The number of nitrogens with zero attached hydrogens (tertiary/aromatic N) is 4. The van der Waals surface area contributed by atoms with E-state index in [9.17, 15) is 4.79 Å². The van der Waals surface area contributed by atoms with Crippen LogP contribution in [-0.4, -0.2) is 30.1 Å². The topological polar surface area (TPSA) is 72.4 Å². The fourth-order valence-electron chi connectivity index (χ4n) is 6.37. The fraction of sp³-hybridized carbons (Fsp3) is 0.0513. The van der Waals surface area contributed by atoms with E-state index in [2.05, 4.69) is 124 Å². The molecule has 0 atom stereocenters. The summed E-state index contributed by atoms with van der Waals surface area (Å²) in [6.45, 7) is 2.85. The van der Waals surface area contributed by atoms with Gasteiger partial charge in [-0.25, -0.2) is 9.50 Å². The Hall–Kier alpha value is -5.14. The van der Waals surface area contributed by atoms with Gasteiger partial charge in [0, 0.05) is 47.5 Å².